The lowest BCUT2D eigenvalue weighted by atomic mass is 9.81. The van der Waals surface area contributed by atoms with Gasteiger partial charge in [0.15, 0.2) is 0 Å². The largest absolute Gasteiger partial charge is 0.465 e. The fraction of sp³-hybridized carbons (Fsp3) is 0.725. The van der Waals surface area contributed by atoms with Crippen LogP contribution in [-0.2, 0) is 57.1 Å². The normalized spacial score (nSPS) is 25.7. The molecular weight excluding hydrogens is 672 g/mol. The first-order valence-electron chi connectivity index (χ1n) is 19.0. The molecule has 0 aliphatic heterocycles. The van der Waals surface area contributed by atoms with Gasteiger partial charge in [0.1, 0.15) is 39.8 Å². The molecule has 0 aromatic carbocycles. The molecule has 0 atom stereocenters. The third-order valence-electron chi connectivity index (χ3n) is 10.7. The number of carbonyl (C=O) groups is 5. The van der Waals surface area contributed by atoms with Crippen LogP contribution >= 0.6 is 0 Å². The summed E-state index contributed by atoms with van der Waals surface area (Å²) in [5.41, 5.74) is -0.810. The van der Waals surface area contributed by atoms with Gasteiger partial charge in [-0.15, -0.1) is 0 Å². The van der Waals surface area contributed by atoms with Crippen LogP contribution in [0.5, 0.6) is 0 Å². The fourth-order valence-corrected chi connectivity index (χ4v) is 7.12. The van der Waals surface area contributed by atoms with Crippen molar-refractivity contribution in [1.29, 1.82) is 0 Å². The summed E-state index contributed by atoms with van der Waals surface area (Å²) in [7, 11) is 0. The molecule has 0 spiro atoms. The van der Waals surface area contributed by atoms with Gasteiger partial charge in [0, 0.05) is 0 Å². The SMILES string of the molecule is C=CCOC(=O)C1CCC(COCOCC(CC)(COC(=O)C2CCC(C(=O)OCC=C)CC2)COC(=O)C2CCC(C(=O)OCC=C)CC2)CC1. The van der Waals surface area contributed by atoms with Gasteiger partial charge in [0.05, 0.1) is 48.2 Å². The summed E-state index contributed by atoms with van der Waals surface area (Å²) >= 11 is 0. The number of esters is 5. The zero-order valence-corrected chi connectivity index (χ0v) is 31.1. The minimum Gasteiger partial charge on any atom is -0.465 e. The molecule has 0 N–H and O–H groups in total. The van der Waals surface area contributed by atoms with Crippen molar-refractivity contribution in [3.05, 3.63) is 38.0 Å². The molecule has 0 aromatic rings. The van der Waals surface area contributed by atoms with Gasteiger partial charge in [-0.05, 0) is 89.4 Å². The molecule has 52 heavy (non-hydrogen) atoms. The monoisotopic (exact) mass is 732 g/mol. The molecule has 0 aromatic heterocycles. The Balaban J connectivity index is 1.51. The summed E-state index contributed by atoms with van der Waals surface area (Å²) in [4.78, 5) is 63.1. The van der Waals surface area contributed by atoms with Crippen LogP contribution < -0.4 is 0 Å². The van der Waals surface area contributed by atoms with Crippen LogP contribution in [0.25, 0.3) is 0 Å². The molecule has 0 bridgehead atoms. The smallest absolute Gasteiger partial charge is 0.309 e. The predicted octanol–water partition coefficient (Wildman–Crippen LogP) is 6.07. The van der Waals surface area contributed by atoms with Crippen LogP contribution in [0.3, 0.4) is 0 Å². The van der Waals surface area contributed by atoms with E-state index in [1.807, 2.05) is 6.92 Å². The second-order valence-corrected chi connectivity index (χ2v) is 14.5. The van der Waals surface area contributed by atoms with Crippen molar-refractivity contribution in [3.8, 4) is 0 Å². The number of hydrogen-bond acceptors (Lipinski definition) is 12. The zero-order valence-electron chi connectivity index (χ0n) is 31.1. The highest BCUT2D eigenvalue weighted by Gasteiger charge is 2.38. The molecule has 0 unspecified atom stereocenters. The van der Waals surface area contributed by atoms with E-state index >= 15 is 0 Å². The Kier molecular flexibility index (Phi) is 19.2. The van der Waals surface area contributed by atoms with Crippen LogP contribution in [0.2, 0.25) is 0 Å². The molecule has 292 valence electrons. The van der Waals surface area contributed by atoms with Gasteiger partial charge in [-0.3, -0.25) is 24.0 Å². The standard InChI is InChI=1S/C40H60O12/c1-5-21-48-35(41)30-11-9-29(10-12-30)24-46-28-47-25-40(8-4,26-51-38(44)33-17-13-31(14-18-33)36(42)49-22-6-2)27-52-39(45)34-19-15-32(16-20-34)37(43)50-23-7-3/h5-7,29-34H,1-3,8-28H2,4H3. The van der Waals surface area contributed by atoms with E-state index in [1.165, 1.54) is 12.2 Å². The van der Waals surface area contributed by atoms with E-state index in [2.05, 4.69) is 19.7 Å². The number of hydrogen-bond donors (Lipinski definition) is 0. The molecule has 3 aliphatic rings. The molecule has 3 fully saturated rings. The third-order valence-corrected chi connectivity index (χ3v) is 10.7. The molecule has 12 heteroatoms. The Bertz CT molecular complexity index is 1110. The first-order valence-corrected chi connectivity index (χ1v) is 19.0. The zero-order chi connectivity index (χ0) is 37.8. The Morgan fingerprint density at radius 2 is 0.827 bits per heavy atom. The Morgan fingerprint density at radius 3 is 1.15 bits per heavy atom. The van der Waals surface area contributed by atoms with E-state index in [0.717, 1.165) is 25.7 Å². The maximum atomic E-state index is 13.2. The average Bonchev–Trinajstić information content (AvgIpc) is 3.18. The van der Waals surface area contributed by atoms with Crippen LogP contribution in [0.1, 0.15) is 90.4 Å². The van der Waals surface area contributed by atoms with Crippen LogP contribution in [0.15, 0.2) is 38.0 Å². The molecule has 0 heterocycles. The van der Waals surface area contributed by atoms with E-state index in [4.69, 9.17) is 33.2 Å². The van der Waals surface area contributed by atoms with Gasteiger partial charge in [-0.2, -0.15) is 0 Å². The van der Waals surface area contributed by atoms with Crippen LogP contribution in [-0.4, -0.2) is 82.9 Å². The Hall–Kier alpha value is -3.51. The van der Waals surface area contributed by atoms with E-state index in [-0.39, 0.29) is 106 Å². The van der Waals surface area contributed by atoms with Crippen molar-refractivity contribution in [2.24, 2.45) is 40.9 Å². The van der Waals surface area contributed by atoms with Crippen molar-refractivity contribution in [1.82, 2.24) is 0 Å². The van der Waals surface area contributed by atoms with Gasteiger partial charge in [-0.1, -0.05) is 44.9 Å². The summed E-state index contributed by atoms with van der Waals surface area (Å²) in [6, 6.07) is 0. The number of ether oxygens (including phenoxy) is 7. The molecule has 3 aliphatic carbocycles. The summed E-state index contributed by atoms with van der Waals surface area (Å²) < 4.78 is 39.2. The number of rotatable bonds is 22. The van der Waals surface area contributed by atoms with Crippen molar-refractivity contribution in [2.45, 2.75) is 90.4 Å². The molecule has 3 saturated carbocycles. The van der Waals surface area contributed by atoms with Gasteiger partial charge in [-0.25, -0.2) is 0 Å². The minimum atomic E-state index is -0.810. The van der Waals surface area contributed by atoms with Gasteiger partial charge < -0.3 is 33.2 Å². The van der Waals surface area contributed by atoms with Crippen LogP contribution in [0, 0.1) is 40.9 Å². The van der Waals surface area contributed by atoms with Crippen molar-refractivity contribution in [3.63, 3.8) is 0 Å². The first-order chi connectivity index (χ1) is 25.1. The average molecular weight is 733 g/mol. The molecule has 0 radical (unpaired) electrons. The lowest BCUT2D eigenvalue weighted by molar-refractivity contribution is -0.170. The van der Waals surface area contributed by atoms with Crippen LogP contribution in [0.4, 0.5) is 0 Å². The molecule has 0 amide bonds. The van der Waals surface area contributed by atoms with E-state index in [0.29, 0.717) is 70.3 Å². The summed E-state index contributed by atoms with van der Waals surface area (Å²) in [5, 5.41) is 0. The maximum absolute atomic E-state index is 13.2. The van der Waals surface area contributed by atoms with Crippen molar-refractivity contribution < 1.29 is 57.1 Å². The van der Waals surface area contributed by atoms with Gasteiger partial charge >= 0.3 is 29.8 Å². The van der Waals surface area contributed by atoms with Gasteiger partial charge in [0.2, 0.25) is 0 Å². The fourth-order valence-electron chi connectivity index (χ4n) is 7.12. The van der Waals surface area contributed by atoms with E-state index in [1.54, 1.807) is 6.08 Å². The highest BCUT2D eigenvalue weighted by Crippen LogP contribution is 2.34. The summed E-state index contributed by atoms with van der Waals surface area (Å²) in [6.07, 6.45) is 12.6. The maximum Gasteiger partial charge on any atom is 0.309 e. The highest BCUT2D eigenvalue weighted by atomic mass is 16.7. The molecule has 0 saturated heterocycles. The lowest BCUT2D eigenvalue weighted by Crippen LogP contribution is -2.40. The van der Waals surface area contributed by atoms with E-state index < -0.39 is 5.41 Å². The first kappa shape index (κ1) is 42.9. The predicted molar refractivity (Wildman–Crippen MR) is 191 cm³/mol. The topological polar surface area (TPSA) is 150 Å². The number of carbonyl (C=O) groups excluding carboxylic acids is 5. The Labute approximate surface area is 308 Å². The quantitative estimate of drug-likeness (QED) is 0.0418. The summed E-state index contributed by atoms with van der Waals surface area (Å²) in [6.45, 7) is 13.8. The van der Waals surface area contributed by atoms with Gasteiger partial charge in [0.25, 0.3) is 0 Å². The molecule has 3 rings (SSSR count). The minimum absolute atomic E-state index is 0.00916. The summed E-state index contributed by atoms with van der Waals surface area (Å²) in [5.74, 6) is -2.34. The van der Waals surface area contributed by atoms with E-state index in [9.17, 15) is 24.0 Å². The lowest BCUT2D eigenvalue weighted by Gasteiger charge is -2.34. The Morgan fingerprint density at radius 1 is 0.500 bits per heavy atom. The highest BCUT2D eigenvalue weighted by molar-refractivity contribution is 5.76. The van der Waals surface area contributed by atoms with Crippen molar-refractivity contribution in [2.75, 3.05) is 53.0 Å². The van der Waals surface area contributed by atoms with Crippen molar-refractivity contribution >= 4 is 29.8 Å². The second kappa shape index (κ2) is 23.2. The molecule has 12 nitrogen and oxygen atoms in total. The molecular formula is C40H60O12. The second-order valence-electron chi connectivity index (χ2n) is 14.5. The third kappa shape index (κ3) is 14.1.